The molecule has 1 saturated heterocycles. The molecular formula is C15H26ClN5O2S. The number of halogens is 1. The predicted octanol–water partition coefficient (Wildman–Crippen LogP) is 1.29. The van der Waals surface area contributed by atoms with Crippen LogP contribution in [0.3, 0.4) is 0 Å². The molecule has 0 atom stereocenters. The number of hydrogen-bond donors (Lipinski definition) is 1. The highest BCUT2D eigenvalue weighted by atomic mass is 35.5. The second kappa shape index (κ2) is 9.80. The smallest absolute Gasteiger partial charge is 0.320 e. The molecule has 3 amide bonds. The van der Waals surface area contributed by atoms with E-state index < -0.39 is 0 Å². The summed E-state index contributed by atoms with van der Waals surface area (Å²) in [7, 11) is 0. The maximum Gasteiger partial charge on any atom is 0.320 e. The molecule has 1 aromatic rings. The number of nitrogens with two attached hydrogens (primary N) is 1. The molecule has 0 radical (unpaired) electrons. The number of aromatic nitrogens is 1. The maximum atomic E-state index is 12.5. The minimum Gasteiger partial charge on any atom is -0.334 e. The van der Waals surface area contributed by atoms with Gasteiger partial charge >= 0.3 is 6.03 Å². The SMILES string of the molecule is CCN(CC)C(=O)N1CCN(C(=O)c2csc(CCN)n2)CC1.Cl. The minimum atomic E-state index is -0.0561. The quantitative estimate of drug-likeness (QED) is 0.840. The van der Waals surface area contributed by atoms with Crippen molar-refractivity contribution in [2.45, 2.75) is 20.3 Å². The summed E-state index contributed by atoms with van der Waals surface area (Å²) in [4.78, 5) is 34.5. The first-order chi connectivity index (χ1) is 11.1. The average Bonchev–Trinajstić information content (AvgIpc) is 3.04. The van der Waals surface area contributed by atoms with E-state index in [0.29, 0.717) is 57.9 Å². The summed E-state index contributed by atoms with van der Waals surface area (Å²) < 4.78 is 0. The van der Waals surface area contributed by atoms with Gasteiger partial charge in [-0.15, -0.1) is 23.7 Å². The molecule has 24 heavy (non-hydrogen) atoms. The van der Waals surface area contributed by atoms with E-state index in [9.17, 15) is 9.59 Å². The zero-order chi connectivity index (χ0) is 16.8. The number of amides is 3. The third-order valence-electron chi connectivity index (χ3n) is 4.00. The highest BCUT2D eigenvalue weighted by molar-refractivity contribution is 7.09. The van der Waals surface area contributed by atoms with Crippen LogP contribution in [0.4, 0.5) is 4.79 Å². The minimum absolute atomic E-state index is 0. The van der Waals surface area contributed by atoms with Gasteiger partial charge in [-0.1, -0.05) is 0 Å². The zero-order valence-electron chi connectivity index (χ0n) is 14.2. The van der Waals surface area contributed by atoms with Crippen molar-refractivity contribution >= 4 is 35.7 Å². The van der Waals surface area contributed by atoms with Crippen LogP contribution in [0.5, 0.6) is 0 Å². The lowest BCUT2D eigenvalue weighted by atomic mass is 10.3. The van der Waals surface area contributed by atoms with Crippen LogP contribution in [0.1, 0.15) is 29.3 Å². The van der Waals surface area contributed by atoms with Crippen molar-refractivity contribution < 1.29 is 9.59 Å². The number of carbonyl (C=O) groups excluding carboxylic acids is 2. The number of hydrogen-bond acceptors (Lipinski definition) is 5. The third kappa shape index (κ3) is 4.81. The number of carbonyl (C=O) groups is 2. The van der Waals surface area contributed by atoms with Crippen LogP contribution in [0.2, 0.25) is 0 Å². The molecular weight excluding hydrogens is 350 g/mol. The summed E-state index contributed by atoms with van der Waals surface area (Å²) in [6, 6.07) is 0.0565. The molecule has 0 bridgehead atoms. The first-order valence-corrected chi connectivity index (χ1v) is 8.96. The molecule has 0 aromatic carbocycles. The number of thiazole rings is 1. The van der Waals surface area contributed by atoms with Gasteiger partial charge in [0.2, 0.25) is 0 Å². The van der Waals surface area contributed by atoms with Gasteiger partial charge in [-0.3, -0.25) is 4.79 Å². The van der Waals surface area contributed by atoms with Gasteiger partial charge in [0.1, 0.15) is 5.69 Å². The molecule has 1 aromatic heterocycles. The first-order valence-electron chi connectivity index (χ1n) is 8.08. The molecule has 9 heteroatoms. The van der Waals surface area contributed by atoms with E-state index >= 15 is 0 Å². The van der Waals surface area contributed by atoms with Crippen molar-refractivity contribution in [1.29, 1.82) is 0 Å². The van der Waals surface area contributed by atoms with E-state index in [1.165, 1.54) is 11.3 Å². The summed E-state index contributed by atoms with van der Waals surface area (Å²) in [5.41, 5.74) is 6.00. The lowest BCUT2D eigenvalue weighted by Crippen LogP contribution is -2.54. The lowest BCUT2D eigenvalue weighted by Gasteiger charge is -2.36. The van der Waals surface area contributed by atoms with Crippen molar-refractivity contribution in [3.63, 3.8) is 0 Å². The van der Waals surface area contributed by atoms with Crippen LogP contribution in [0, 0.1) is 0 Å². The van der Waals surface area contributed by atoms with Crippen molar-refractivity contribution in [1.82, 2.24) is 19.7 Å². The average molecular weight is 376 g/mol. The van der Waals surface area contributed by atoms with Crippen LogP contribution in [-0.4, -0.2) is 77.4 Å². The Balaban J connectivity index is 0.00000288. The zero-order valence-corrected chi connectivity index (χ0v) is 15.9. The number of rotatable bonds is 5. The van der Waals surface area contributed by atoms with E-state index in [4.69, 9.17) is 5.73 Å². The van der Waals surface area contributed by atoms with E-state index in [0.717, 1.165) is 5.01 Å². The number of piperazine rings is 1. The fourth-order valence-electron chi connectivity index (χ4n) is 2.60. The summed E-state index contributed by atoms with van der Waals surface area (Å²) in [5, 5.41) is 2.69. The van der Waals surface area contributed by atoms with Gasteiger partial charge in [-0.2, -0.15) is 0 Å². The molecule has 0 saturated carbocycles. The molecule has 0 aliphatic carbocycles. The Morgan fingerprint density at radius 3 is 2.33 bits per heavy atom. The Labute approximate surface area is 153 Å². The van der Waals surface area contributed by atoms with Crippen LogP contribution in [0.15, 0.2) is 5.38 Å². The second-order valence-electron chi connectivity index (χ2n) is 5.40. The van der Waals surface area contributed by atoms with Crippen molar-refractivity contribution in [3.05, 3.63) is 16.1 Å². The molecule has 0 unspecified atom stereocenters. The van der Waals surface area contributed by atoms with Gasteiger partial charge in [0.15, 0.2) is 0 Å². The fraction of sp³-hybridized carbons (Fsp3) is 0.667. The van der Waals surface area contributed by atoms with Crippen molar-refractivity contribution in [2.24, 2.45) is 5.73 Å². The molecule has 2 N–H and O–H groups in total. The molecule has 7 nitrogen and oxygen atoms in total. The Morgan fingerprint density at radius 2 is 1.79 bits per heavy atom. The monoisotopic (exact) mass is 375 g/mol. The highest BCUT2D eigenvalue weighted by Gasteiger charge is 2.27. The summed E-state index contributed by atoms with van der Waals surface area (Å²) >= 11 is 1.47. The summed E-state index contributed by atoms with van der Waals surface area (Å²) in [5.74, 6) is -0.0561. The largest absolute Gasteiger partial charge is 0.334 e. The molecule has 136 valence electrons. The van der Waals surface area contributed by atoms with E-state index in [2.05, 4.69) is 4.98 Å². The van der Waals surface area contributed by atoms with Crippen LogP contribution >= 0.6 is 23.7 Å². The van der Waals surface area contributed by atoms with Crippen molar-refractivity contribution in [3.8, 4) is 0 Å². The molecule has 1 aliphatic rings. The van der Waals surface area contributed by atoms with E-state index in [1.807, 2.05) is 18.7 Å². The molecule has 0 spiro atoms. The second-order valence-corrected chi connectivity index (χ2v) is 6.34. The molecule has 1 fully saturated rings. The molecule has 2 heterocycles. The standard InChI is InChI=1S/C15H25N5O2S.ClH/c1-3-18(4-2)15(22)20-9-7-19(8-10-20)14(21)12-11-23-13(17-12)5-6-16;/h11H,3-10,16H2,1-2H3;1H. The normalized spacial score (nSPS) is 14.3. The first kappa shape index (κ1) is 20.7. The lowest BCUT2D eigenvalue weighted by molar-refractivity contribution is 0.0636. The molecule has 1 aliphatic heterocycles. The summed E-state index contributed by atoms with van der Waals surface area (Å²) in [6.07, 6.45) is 0.699. The number of nitrogens with zero attached hydrogens (tertiary/aromatic N) is 4. The van der Waals surface area contributed by atoms with Gasteiger partial charge in [-0.05, 0) is 20.4 Å². The Bertz CT molecular complexity index is 542. The van der Waals surface area contributed by atoms with Gasteiger partial charge in [0, 0.05) is 51.1 Å². The van der Waals surface area contributed by atoms with Crippen molar-refractivity contribution in [2.75, 3.05) is 45.8 Å². The Morgan fingerprint density at radius 1 is 1.21 bits per heavy atom. The van der Waals surface area contributed by atoms with E-state index in [1.54, 1.807) is 15.2 Å². The number of urea groups is 1. The topological polar surface area (TPSA) is 82.8 Å². The maximum absolute atomic E-state index is 12.5. The van der Waals surface area contributed by atoms with Gasteiger partial charge < -0.3 is 20.4 Å². The molecule has 2 rings (SSSR count). The Hall–Kier alpha value is -1.38. The fourth-order valence-corrected chi connectivity index (χ4v) is 3.39. The van der Waals surface area contributed by atoms with Crippen LogP contribution in [0.25, 0.3) is 0 Å². The van der Waals surface area contributed by atoms with Crippen LogP contribution < -0.4 is 5.73 Å². The van der Waals surface area contributed by atoms with Gasteiger partial charge in [0.05, 0.1) is 5.01 Å². The third-order valence-corrected chi connectivity index (χ3v) is 4.91. The predicted molar refractivity (Wildman–Crippen MR) is 97.9 cm³/mol. The Kier molecular flexibility index (Phi) is 8.44. The van der Waals surface area contributed by atoms with Gasteiger partial charge in [-0.25, -0.2) is 9.78 Å². The van der Waals surface area contributed by atoms with Gasteiger partial charge in [0.25, 0.3) is 5.91 Å². The highest BCUT2D eigenvalue weighted by Crippen LogP contribution is 2.14. The summed E-state index contributed by atoms with van der Waals surface area (Å²) in [6.45, 7) is 8.14. The van der Waals surface area contributed by atoms with E-state index in [-0.39, 0.29) is 24.3 Å². The van der Waals surface area contributed by atoms with Crippen LogP contribution in [-0.2, 0) is 6.42 Å².